The molecule has 4 N–H and O–H groups in total. The van der Waals surface area contributed by atoms with E-state index < -0.39 is 0 Å². The monoisotopic (exact) mass is 624 g/mol. The van der Waals surface area contributed by atoms with Crippen LogP contribution in [-0.2, 0) is 9.59 Å². The van der Waals surface area contributed by atoms with Crippen molar-refractivity contribution in [2.24, 2.45) is 0 Å². The summed E-state index contributed by atoms with van der Waals surface area (Å²) in [5, 5.41) is 11.9. The summed E-state index contributed by atoms with van der Waals surface area (Å²) in [6, 6.07) is 24.4. The number of hydrogen-bond acceptors (Lipinski definition) is 8. The largest absolute Gasteiger partial charge is 0.368 e. The van der Waals surface area contributed by atoms with E-state index in [1.54, 1.807) is 36.2 Å². The van der Waals surface area contributed by atoms with Crippen molar-refractivity contribution >= 4 is 64.2 Å². The second-order valence-electron chi connectivity index (χ2n) is 10.1. The van der Waals surface area contributed by atoms with Crippen LogP contribution < -0.4 is 26.2 Å². The van der Waals surface area contributed by atoms with E-state index >= 15 is 0 Å². The summed E-state index contributed by atoms with van der Waals surface area (Å²) in [4.78, 5) is 49.8. The Bertz CT molecular complexity index is 1670. The standard InChI is InChI=1S/C33H33ClN8O3/c1-35-32(45)26-9-5-6-10-28(26)39-31-27(34)21-37-33(40-31)38-24-12-14-25(15-13-24)41-17-19-42(20-18-41)30(44)22-36-29(43)16-11-23-7-3-2-4-8-23/h2-16,21H,17-20,22H2,1H3,(H,35,45)(H,36,43)(H2,37,38,39,40)/b16-11+. The lowest BCUT2D eigenvalue weighted by Gasteiger charge is -2.36. The van der Waals surface area contributed by atoms with Gasteiger partial charge in [-0.3, -0.25) is 14.4 Å². The molecule has 1 aliphatic heterocycles. The Labute approximate surface area is 266 Å². The van der Waals surface area contributed by atoms with Gasteiger partial charge < -0.3 is 31.1 Å². The average Bonchev–Trinajstić information content (AvgIpc) is 3.08. The topological polar surface area (TPSA) is 132 Å². The molecule has 0 bridgehead atoms. The smallest absolute Gasteiger partial charge is 0.253 e. The quantitative estimate of drug-likeness (QED) is 0.190. The molecule has 3 amide bonds. The average molecular weight is 625 g/mol. The first kappa shape index (κ1) is 31.0. The number of para-hydroxylation sites is 1. The third kappa shape index (κ3) is 8.36. The second-order valence-corrected chi connectivity index (χ2v) is 10.5. The number of nitrogens with one attached hydrogen (secondary N) is 4. The third-order valence-corrected chi connectivity index (χ3v) is 7.43. The molecule has 0 saturated carbocycles. The normalized spacial score (nSPS) is 12.9. The highest BCUT2D eigenvalue weighted by Crippen LogP contribution is 2.27. The van der Waals surface area contributed by atoms with E-state index in [0.29, 0.717) is 54.2 Å². The maximum Gasteiger partial charge on any atom is 0.253 e. The summed E-state index contributed by atoms with van der Waals surface area (Å²) in [5.74, 6) is 0.0534. The Kier molecular flexibility index (Phi) is 10.2. The number of carbonyl (C=O) groups is 3. The molecule has 0 spiro atoms. The van der Waals surface area contributed by atoms with Crippen molar-refractivity contribution in [3.8, 4) is 0 Å². The molecule has 1 aliphatic rings. The zero-order valence-electron chi connectivity index (χ0n) is 24.7. The molecule has 11 nitrogen and oxygen atoms in total. The molecular formula is C33H33ClN8O3. The van der Waals surface area contributed by atoms with Crippen molar-refractivity contribution in [2.75, 3.05) is 55.3 Å². The van der Waals surface area contributed by atoms with E-state index in [0.717, 1.165) is 16.9 Å². The van der Waals surface area contributed by atoms with Gasteiger partial charge in [0.15, 0.2) is 5.82 Å². The van der Waals surface area contributed by atoms with Crippen molar-refractivity contribution in [1.82, 2.24) is 25.5 Å². The summed E-state index contributed by atoms with van der Waals surface area (Å²) < 4.78 is 0. The second kappa shape index (κ2) is 14.8. The Balaban J connectivity index is 1.11. The van der Waals surface area contributed by atoms with Crippen molar-refractivity contribution in [1.29, 1.82) is 0 Å². The zero-order chi connectivity index (χ0) is 31.6. The minimum absolute atomic E-state index is 0.0388. The van der Waals surface area contributed by atoms with E-state index in [9.17, 15) is 14.4 Å². The SMILES string of the molecule is CNC(=O)c1ccccc1Nc1nc(Nc2ccc(N3CCN(C(=O)CNC(=O)/C=C/c4ccccc4)CC3)cc2)ncc1Cl. The van der Waals surface area contributed by atoms with E-state index in [1.807, 2.05) is 60.7 Å². The molecule has 4 aromatic rings. The zero-order valence-corrected chi connectivity index (χ0v) is 25.4. The van der Waals surface area contributed by atoms with Crippen LogP contribution in [0.5, 0.6) is 0 Å². The molecule has 0 aliphatic carbocycles. The van der Waals surface area contributed by atoms with Crippen LogP contribution in [0.2, 0.25) is 5.02 Å². The number of amides is 3. The molecule has 45 heavy (non-hydrogen) atoms. The first-order valence-electron chi connectivity index (χ1n) is 14.4. The summed E-state index contributed by atoms with van der Waals surface area (Å²) in [5.41, 5.74) is 3.75. The Morgan fingerprint density at radius 3 is 2.33 bits per heavy atom. The fraction of sp³-hybridized carbons (Fsp3) is 0.182. The van der Waals surface area contributed by atoms with Crippen LogP contribution in [0.15, 0.2) is 91.1 Å². The minimum atomic E-state index is -0.303. The van der Waals surface area contributed by atoms with Crippen LogP contribution in [0.1, 0.15) is 15.9 Å². The van der Waals surface area contributed by atoms with Crippen LogP contribution >= 0.6 is 11.6 Å². The molecule has 2 heterocycles. The fourth-order valence-corrected chi connectivity index (χ4v) is 4.87. The first-order valence-corrected chi connectivity index (χ1v) is 14.8. The molecular weight excluding hydrogens is 592 g/mol. The van der Waals surface area contributed by atoms with Gasteiger partial charge in [-0.1, -0.05) is 54.1 Å². The van der Waals surface area contributed by atoms with Crippen molar-refractivity contribution < 1.29 is 14.4 Å². The van der Waals surface area contributed by atoms with Gasteiger partial charge in [0.05, 0.1) is 24.0 Å². The first-order chi connectivity index (χ1) is 21.9. The Hall–Kier alpha value is -5.42. The number of halogens is 1. The Morgan fingerprint density at radius 2 is 1.60 bits per heavy atom. The number of carbonyl (C=O) groups excluding carboxylic acids is 3. The van der Waals surface area contributed by atoms with Crippen molar-refractivity contribution in [2.45, 2.75) is 0 Å². The van der Waals surface area contributed by atoms with Crippen LogP contribution in [0.4, 0.5) is 28.8 Å². The van der Waals surface area contributed by atoms with Gasteiger partial charge in [-0.15, -0.1) is 0 Å². The van der Waals surface area contributed by atoms with Gasteiger partial charge in [0, 0.05) is 50.7 Å². The molecule has 1 aromatic heterocycles. The molecule has 12 heteroatoms. The highest BCUT2D eigenvalue weighted by molar-refractivity contribution is 6.33. The maximum atomic E-state index is 12.7. The molecule has 230 valence electrons. The Morgan fingerprint density at radius 1 is 0.889 bits per heavy atom. The number of piperazine rings is 1. The predicted octanol–water partition coefficient (Wildman–Crippen LogP) is 4.46. The van der Waals surface area contributed by atoms with Crippen LogP contribution in [-0.4, -0.2) is 72.4 Å². The van der Waals surface area contributed by atoms with Gasteiger partial charge >= 0.3 is 0 Å². The predicted molar refractivity (Wildman–Crippen MR) is 177 cm³/mol. The summed E-state index contributed by atoms with van der Waals surface area (Å²) >= 11 is 6.35. The van der Waals surface area contributed by atoms with Gasteiger partial charge in [-0.25, -0.2) is 4.98 Å². The van der Waals surface area contributed by atoms with Gasteiger partial charge in [0.25, 0.3) is 5.91 Å². The third-order valence-electron chi connectivity index (χ3n) is 7.16. The van der Waals surface area contributed by atoms with E-state index in [4.69, 9.17) is 11.6 Å². The summed E-state index contributed by atoms with van der Waals surface area (Å²) in [6.45, 7) is 2.43. The van der Waals surface area contributed by atoms with Crippen molar-refractivity contribution in [3.05, 3.63) is 107 Å². The van der Waals surface area contributed by atoms with E-state index in [-0.39, 0.29) is 24.3 Å². The fourth-order valence-electron chi connectivity index (χ4n) is 4.74. The lowest BCUT2D eigenvalue weighted by molar-refractivity contribution is -0.132. The number of rotatable bonds is 10. The summed E-state index contributed by atoms with van der Waals surface area (Å²) in [6.07, 6.45) is 4.64. The number of benzene rings is 3. The summed E-state index contributed by atoms with van der Waals surface area (Å²) in [7, 11) is 1.57. The van der Waals surface area contributed by atoms with Crippen LogP contribution in [0, 0.1) is 0 Å². The van der Waals surface area contributed by atoms with E-state index in [1.165, 1.54) is 12.3 Å². The highest BCUT2D eigenvalue weighted by atomic mass is 35.5. The number of aromatic nitrogens is 2. The molecule has 0 radical (unpaired) electrons. The molecule has 5 rings (SSSR count). The number of anilines is 5. The lowest BCUT2D eigenvalue weighted by Crippen LogP contribution is -2.51. The molecule has 1 fully saturated rings. The molecule has 0 atom stereocenters. The lowest BCUT2D eigenvalue weighted by atomic mass is 10.1. The highest BCUT2D eigenvalue weighted by Gasteiger charge is 2.21. The van der Waals surface area contributed by atoms with Crippen LogP contribution in [0.25, 0.3) is 6.08 Å². The van der Waals surface area contributed by atoms with Gasteiger partial charge in [-0.05, 0) is 48.0 Å². The molecule has 3 aromatic carbocycles. The maximum absolute atomic E-state index is 12.7. The molecule has 0 unspecified atom stereocenters. The van der Waals surface area contributed by atoms with Crippen molar-refractivity contribution in [3.63, 3.8) is 0 Å². The van der Waals surface area contributed by atoms with Gasteiger partial charge in [0.1, 0.15) is 5.02 Å². The molecule has 1 saturated heterocycles. The number of hydrogen-bond donors (Lipinski definition) is 4. The number of nitrogens with zero attached hydrogens (tertiary/aromatic N) is 4. The van der Waals surface area contributed by atoms with Crippen LogP contribution in [0.3, 0.4) is 0 Å². The van der Waals surface area contributed by atoms with Gasteiger partial charge in [0.2, 0.25) is 17.8 Å². The minimum Gasteiger partial charge on any atom is -0.368 e. The van der Waals surface area contributed by atoms with E-state index in [2.05, 4.69) is 36.1 Å². The van der Waals surface area contributed by atoms with Gasteiger partial charge in [-0.2, -0.15) is 4.98 Å².